The first-order chi connectivity index (χ1) is 14.3. The third-order valence-corrected chi connectivity index (χ3v) is 7.40. The molecule has 30 heavy (non-hydrogen) atoms. The van der Waals surface area contributed by atoms with Crippen molar-refractivity contribution in [3.05, 3.63) is 45.1 Å². The van der Waals surface area contributed by atoms with Crippen LogP contribution in [0, 0.1) is 24.7 Å². The van der Waals surface area contributed by atoms with Crippen molar-refractivity contribution in [2.24, 2.45) is 17.8 Å². The Kier molecular flexibility index (Phi) is 10.5. The minimum absolute atomic E-state index is 0.0749. The Morgan fingerprint density at radius 1 is 1.43 bits per heavy atom. The van der Waals surface area contributed by atoms with Gasteiger partial charge in [-0.05, 0) is 0 Å². The molecular weight excluding hydrogens is 419 g/mol. The zero-order chi connectivity index (χ0) is 22.1. The van der Waals surface area contributed by atoms with Crippen LogP contribution < -0.4 is 0 Å². The van der Waals surface area contributed by atoms with Crippen molar-refractivity contribution in [1.82, 2.24) is 0 Å². The zero-order valence-electron chi connectivity index (χ0n) is 17.5. The zero-order valence-corrected chi connectivity index (χ0v) is 19.1. The molecule has 3 N–H and O–H groups in total. The second kappa shape index (κ2) is 12.6. The molecule has 5 atom stereocenters. The molecule has 0 radical (unpaired) electrons. The molecule has 2 rings (SSSR count). The van der Waals surface area contributed by atoms with E-state index >= 15 is 0 Å². The van der Waals surface area contributed by atoms with Crippen molar-refractivity contribution >= 4 is 42.4 Å². The molecule has 0 amide bonds. The summed E-state index contributed by atoms with van der Waals surface area (Å²) in [7, 11) is 3.92. The van der Waals surface area contributed by atoms with Crippen LogP contribution in [-0.4, -0.2) is 47.0 Å². The van der Waals surface area contributed by atoms with Crippen molar-refractivity contribution in [3.63, 3.8) is 0 Å². The average Bonchev–Trinajstić information content (AvgIpc) is 3.19. The number of carbonyl (C=O) groups is 1. The number of unbranched alkanes of at least 4 members (excludes halogenated alkanes) is 1. The summed E-state index contributed by atoms with van der Waals surface area (Å²) in [5.74, 6) is 1.52. The summed E-state index contributed by atoms with van der Waals surface area (Å²) >= 11 is 7.77. The SMILES string of the molecule is B=C[C@@H]1CC(O)[C@H](C/C=C\CCCC(=O)O)[C@H]1/C=C/[C@@H](O)CCc1cc(Cl)c(C)s1. The molecule has 0 aromatic carbocycles. The van der Waals surface area contributed by atoms with Gasteiger partial charge in [-0.1, -0.05) is 0 Å². The number of hydrogen-bond donors (Lipinski definition) is 3. The van der Waals surface area contributed by atoms with Crippen LogP contribution in [0.15, 0.2) is 30.4 Å². The summed E-state index contributed by atoms with van der Waals surface area (Å²) in [6.07, 6.45) is 11.4. The normalized spacial score (nSPS) is 25.3. The van der Waals surface area contributed by atoms with Gasteiger partial charge in [0.2, 0.25) is 0 Å². The average molecular weight is 451 g/mol. The summed E-state index contributed by atoms with van der Waals surface area (Å²) in [5.41, 5.74) is 0. The molecule has 1 aliphatic rings. The van der Waals surface area contributed by atoms with Gasteiger partial charge in [-0.2, -0.15) is 0 Å². The van der Waals surface area contributed by atoms with Crippen LogP contribution in [0.5, 0.6) is 0 Å². The summed E-state index contributed by atoms with van der Waals surface area (Å²) in [5, 5.41) is 30.4. The Morgan fingerprint density at radius 3 is 2.83 bits per heavy atom. The molecule has 0 bridgehead atoms. The second-order valence-corrected chi connectivity index (χ2v) is 9.79. The van der Waals surface area contributed by atoms with Crippen LogP contribution in [0.25, 0.3) is 0 Å². The number of aryl methyl sites for hydroxylation is 2. The predicted molar refractivity (Wildman–Crippen MR) is 127 cm³/mol. The Bertz CT molecular complexity index is 741. The minimum atomic E-state index is -0.774. The number of rotatable bonds is 12. The van der Waals surface area contributed by atoms with E-state index in [1.165, 1.54) is 4.88 Å². The van der Waals surface area contributed by atoms with Gasteiger partial charge in [0.25, 0.3) is 0 Å². The van der Waals surface area contributed by atoms with Crippen molar-refractivity contribution < 1.29 is 20.1 Å². The van der Waals surface area contributed by atoms with E-state index in [9.17, 15) is 15.0 Å². The van der Waals surface area contributed by atoms with E-state index in [-0.39, 0.29) is 24.2 Å². The molecule has 1 unspecified atom stereocenters. The van der Waals surface area contributed by atoms with Crippen LogP contribution in [-0.2, 0) is 11.2 Å². The van der Waals surface area contributed by atoms with Crippen LogP contribution in [0.4, 0.5) is 0 Å². The number of aliphatic carboxylic acids is 1. The number of aliphatic hydroxyl groups is 2. The second-order valence-electron chi connectivity index (χ2n) is 8.04. The third-order valence-electron chi connectivity index (χ3n) is 5.79. The first-order valence-corrected chi connectivity index (χ1v) is 11.8. The molecule has 1 aromatic rings. The first kappa shape index (κ1) is 25.1. The van der Waals surface area contributed by atoms with E-state index in [1.54, 1.807) is 11.3 Å². The molecule has 4 nitrogen and oxygen atoms in total. The number of hydrogen-bond acceptors (Lipinski definition) is 4. The molecule has 1 fully saturated rings. The van der Waals surface area contributed by atoms with Crippen LogP contribution in [0.3, 0.4) is 0 Å². The van der Waals surface area contributed by atoms with Crippen molar-refractivity contribution in [3.8, 4) is 0 Å². The van der Waals surface area contributed by atoms with Gasteiger partial charge in [0, 0.05) is 0 Å². The summed E-state index contributed by atoms with van der Waals surface area (Å²) in [6.45, 7) is 1.99. The molecule has 7 heteroatoms. The molecule has 0 aliphatic heterocycles. The van der Waals surface area contributed by atoms with Crippen molar-refractivity contribution in [2.45, 2.75) is 64.1 Å². The quantitative estimate of drug-likeness (QED) is 0.255. The van der Waals surface area contributed by atoms with Gasteiger partial charge in [-0.15, -0.1) is 0 Å². The van der Waals surface area contributed by atoms with Gasteiger partial charge in [-0.3, -0.25) is 0 Å². The number of carboxylic acids is 1. The standard InChI is InChI=1S/C23H32BClO4S/c1-15-21(25)13-18(30-15)10-8-17(26)9-11-19-16(14-24)12-22(27)20(19)6-4-2-3-5-7-23(28)29/h2,4,9,11,13-14,16-17,19-20,22,24,26-27H,3,5-8,10,12H2,1H3,(H,28,29)/b4-2-,11-9+/t16-,17-,19-,20+,22?/m0/s1. The Morgan fingerprint density at radius 2 is 2.20 bits per heavy atom. The molecule has 0 saturated heterocycles. The fourth-order valence-electron chi connectivity index (χ4n) is 4.06. The Hall–Kier alpha value is -1.21. The molecule has 164 valence electrons. The Balaban J connectivity index is 1.89. The fourth-order valence-corrected chi connectivity index (χ4v) is 5.32. The van der Waals surface area contributed by atoms with Crippen LogP contribution >= 0.6 is 22.9 Å². The number of carboxylic acid groups (broad SMARTS) is 1. The van der Waals surface area contributed by atoms with E-state index in [0.717, 1.165) is 29.2 Å². The number of thiophene rings is 1. The number of aliphatic hydroxyl groups excluding tert-OH is 2. The summed E-state index contributed by atoms with van der Waals surface area (Å²) in [6, 6.07) is 1.97. The maximum atomic E-state index is 10.6. The van der Waals surface area contributed by atoms with E-state index in [1.807, 2.05) is 43.3 Å². The molecule has 1 heterocycles. The summed E-state index contributed by atoms with van der Waals surface area (Å²) in [4.78, 5) is 12.8. The van der Waals surface area contributed by atoms with Gasteiger partial charge >= 0.3 is 189 Å². The van der Waals surface area contributed by atoms with Gasteiger partial charge in [0.1, 0.15) is 0 Å². The Labute approximate surface area is 189 Å². The van der Waals surface area contributed by atoms with Crippen molar-refractivity contribution in [2.75, 3.05) is 0 Å². The van der Waals surface area contributed by atoms with Crippen LogP contribution in [0.1, 0.15) is 48.3 Å². The topological polar surface area (TPSA) is 77.8 Å². The van der Waals surface area contributed by atoms with Gasteiger partial charge in [0.05, 0.1) is 0 Å². The van der Waals surface area contributed by atoms with E-state index in [0.29, 0.717) is 19.3 Å². The van der Waals surface area contributed by atoms with E-state index < -0.39 is 18.2 Å². The van der Waals surface area contributed by atoms with Gasteiger partial charge in [0.15, 0.2) is 0 Å². The number of allylic oxidation sites excluding steroid dienone is 3. The van der Waals surface area contributed by atoms with Gasteiger partial charge < -0.3 is 0 Å². The van der Waals surface area contributed by atoms with Crippen LogP contribution in [0.2, 0.25) is 5.02 Å². The van der Waals surface area contributed by atoms with E-state index in [2.05, 4.69) is 7.49 Å². The molecular formula is C23H32BClO4S. The van der Waals surface area contributed by atoms with E-state index in [4.69, 9.17) is 16.7 Å². The third kappa shape index (κ3) is 7.80. The maximum absolute atomic E-state index is 10.6. The first-order valence-electron chi connectivity index (χ1n) is 10.6. The molecule has 1 saturated carbocycles. The fraction of sp³-hybridized carbons (Fsp3) is 0.565. The predicted octanol–water partition coefficient (Wildman–Crippen LogP) is 4.08. The molecule has 0 spiro atoms. The van der Waals surface area contributed by atoms with Crippen molar-refractivity contribution in [1.29, 1.82) is 0 Å². The summed E-state index contributed by atoms with van der Waals surface area (Å²) < 4.78 is 0. The van der Waals surface area contributed by atoms with Gasteiger partial charge in [-0.25, -0.2) is 0 Å². The monoisotopic (exact) mass is 450 g/mol. The molecule has 1 aromatic heterocycles. The molecule has 1 aliphatic carbocycles. The number of halogens is 1.